The van der Waals surface area contributed by atoms with Crippen LogP contribution in [0.3, 0.4) is 0 Å². The van der Waals surface area contributed by atoms with Crippen molar-refractivity contribution in [2.24, 2.45) is 11.8 Å². The molecule has 1 aromatic heterocycles. The van der Waals surface area contributed by atoms with Crippen LogP contribution >= 0.6 is 15.9 Å². The van der Waals surface area contributed by atoms with Crippen LogP contribution in [0.15, 0.2) is 28.9 Å². The van der Waals surface area contributed by atoms with Crippen molar-refractivity contribution in [2.75, 3.05) is 6.61 Å². The molecule has 0 saturated heterocycles. The van der Waals surface area contributed by atoms with E-state index in [4.69, 9.17) is 4.74 Å². The summed E-state index contributed by atoms with van der Waals surface area (Å²) in [5, 5.41) is 1.26. The van der Waals surface area contributed by atoms with E-state index < -0.39 is 0 Å². The Balaban J connectivity index is 1.95. The topological polar surface area (TPSA) is 31.2 Å². The second-order valence-electron chi connectivity index (χ2n) is 6.49. The van der Waals surface area contributed by atoms with Crippen LogP contribution in [-0.4, -0.2) is 17.1 Å². The lowest BCUT2D eigenvalue weighted by atomic mass is 10.1. The molecule has 0 N–H and O–H groups in total. The second-order valence-corrected chi connectivity index (χ2v) is 7.41. The van der Waals surface area contributed by atoms with Crippen molar-refractivity contribution in [1.29, 1.82) is 0 Å². The highest BCUT2D eigenvalue weighted by Crippen LogP contribution is 2.50. The summed E-state index contributed by atoms with van der Waals surface area (Å²) in [6.45, 7) is 7.76. The highest BCUT2D eigenvalue weighted by atomic mass is 79.9. The molecule has 1 aliphatic rings. The number of hydrogen-bond donors (Lipinski definition) is 0. The van der Waals surface area contributed by atoms with Gasteiger partial charge in [-0.1, -0.05) is 35.8 Å². The Morgan fingerprint density at radius 1 is 1.45 bits per heavy atom. The van der Waals surface area contributed by atoms with Crippen molar-refractivity contribution in [3.63, 3.8) is 0 Å². The van der Waals surface area contributed by atoms with Crippen LogP contribution in [0.2, 0.25) is 0 Å². The zero-order valence-electron chi connectivity index (χ0n) is 13.3. The lowest BCUT2D eigenvalue weighted by Gasteiger charge is -2.08. The van der Waals surface area contributed by atoms with E-state index in [1.54, 1.807) is 0 Å². The summed E-state index contributed by atoms with van der Waals surface area (Å²) in [5.74, 6) is 0.898. The van der Waals surface area contributed by atoms with Crippen LogP contribution < -0.4 is 0 Å². The normalized spacial score (nSPS) is 20.6. The summed E-state index contributed by atoms with van der Waals surface area (Å²) in [4.78, 5) is 11.9. The number of halogens is 1. The molecular weight excluding hydrogens is 342 g/mol. The van der Waals surface area contributed by atoms with Gasteiger partial charge in [-0.05, 0) is 37.0 Å². The van der Waals surface area contributed by atoms with E-state index in [0.717, 1.165) is 17.4 Å². The predicted molar refractivity (Wildman–Crippen MR) is 92.0 cm³/mol. The fourth-order valence-corrected chi connectivity index (χ4v) is 3.53. The second kappa shape index (κ2) is 6.07. The maximum Gasteiger partial charge on any atom is 0.309 e. The molecule has 2 atom stereocenters. The molecule has 1 aliphatic carbocycles. The van der Waals surface area contributed by atoms with Crippen molar-refractivity contribution in [1.82, 2.24) is 4.57 Å². The Hall–Kier alpha value is -1.29. The maximum absolute atomic E-state index is 11.9. The number of nitrogens with zero attached hydrogens (tertiary/aromatic N) is 1. The largest absolute Gasteiger partial charge is 0.466 e. The summed E-state index contributed by atoms with van der Waals surface area (Å²) in [6, 6.07) is 6.41. The molecule has 0 bridgehead atoms. The Morgan fingerprint density at radius 3 is 2.91 bits per heavy atom. The number of carbonyl (C=O) groups excluding carboxylic acids is 1. The quantitative estimate of drug-likeness (QED) is 0.719. The molecule has 3 nitrogen and oxygen atoms in total. The van der Waals surface area contributed by atoms with Gasteiger partial charge in [0.2, 0.25) is 0 Å². The lowest BCUT2D eigenvalue weighted by Crippen LogP contribution is -2.07. The first-order chi connectivity index (χ1) is 10.5. The van der Waals surface area contributed by atoms with Gasteiger partial charge in [0.25, 0.3) is 0 Å². The third-order valence-corrected chi connectivity index (χ3v) is 4.71. The zero-order valence-corrected chi connectivity index (χ0v) is 14.9. The van der Waals surface area contributed by atoms with E-state index in [1.165, 1.54) is 16.5 Å². The van der Waals surface area contributed by atoms with Gasteiger partial charge >= 0.3 is 5.97 Å². The number of carbonyl (C=O) groups is 1. The predicted octanol–water partition coefficient (Wildman–Crippen LogP) is 4.73. The SMILES string of the molecule is CCOC(=O)[C@@H]1C[C@H]1c1cn(CC(C)C)c2cc(Br)ccc12. The van der Waals surface area contributed by atoms with E-state index in [9.17, 15) is 4.79 Å². The molecule has 0 radical (unpaired) electrons. The summed E-state index contributed by atoms with van der Waals surface area (Å²) in [5.41, 5.74) is 2.54. The highest BCUT2D eigenvalue weighted by Gasteiger charge is 2.46. The molecule has 1 saturated carbocycles. The molecule has 2 aromatic rings. The molecule has 1 aromatic carbocycles. The van der Waals surface area contributed by atoms with Gasteiger partial charge in [-0.2, -0.15) is 0 Å². The fourth-order valence-electron chi connectivity index (χ4n) is 3.18. The molecule has 4 heteroatoms. The molecule has 118 valence electrons. The Labute approximate surface area is 139 Å². The minimum atomic E-state index is -0.0469. The molecule has 1 heterocycles. The van der Waals surface area contributed by atoms with Crippen LogP contribution in [-0.2, 0) is 16.1 Å². The van der Waals surface area contributed by atoms with Crippen molar-refractivity contribution in [2.45, 2.75) is 39.7 Å². The molecule has 0 unspecified atom stereocenters. The number of benzene rings is 1. The number of aromatic nitrogens is 1. The summed E-state index contributed by atoms with van der Waals surface area (Å²) < 4.78 is 8.58. The van der Waals surface area contributed by atoms with Gasteiger partial charge in [-0.3, -0.25) is 4.79 Å². The highest BCUT2D eigenvalue weighted by molar-refractivity contribution is 9.10. The van der Waals surface area contributed by atoms with Crippen LogP contribution in [0.4, 0.5) is 0 Å². The number of fused-ring (bicyclic) bond motifs is 1. The Morgan fingerprint density at radius 2 is 2.23 bits per heavy atom. The van der Waals surface area contributed by atoms with Crippen LogP contribution in [0.25, 0.3) is 10.9 Å². The first kappa shape index (κ1) is 15.6. The lowest BCUT2D eigenvalue weighted by molar-refractivity contribution is -0.144. The van der Waals surface area contributed by atoms with Gasteiger partial charge in [-0.15, -0.1) is 0 Å². The summed E-state index contributed by atoms with van der Waals surface area (Å²) in [7, 11) is 0. The molecule has 0 amide bonds. The van der Waals surface area contributed by atoms with Crippen molar-refractivity contribution in [3.8, 4) is 0 Å². The number of ether oxygens (including phenoxy) is 1. The minimum absolute atomic E-state index is 0.0432. The molecular formula is C18H22BrNO2. The number of hydrogen-bond acceptors (Lipinski definition) is 2. The smallest absolute Gasteiger partial charge is 0.309 e. The maximum atomic E-state index is 11.9. The van der Waals surface area contributed by atoms with Gasteiger partial charge < -0.3 is 9.30 Å². The zero-order chi connectivity index (χ0) is 15.9. The van der Waals surface area contributed by atoms with E-state index in [0.29, 0.717) is 18.4 Å². The molecule has 22 heavy (non-hydrogen) atoms. The van der Waals surface area contributed by atoms with Crippen LogP contribution in [0.1, 0.15) is 38.7 Å². The van der Waals surface area contributed by atoms with Gasteiger partial charge in [0.05, 0.1) is 12.5 Å². The van der Waals surface area contributed by atoms with Crippen molar-refractivity contribution < 1.29 is 9.53 Å². The number of rotatable bonds is 5. The molecule has 0 spiro atoms. The van der Waals surface area contributed by atoms with Gasteiger partial charge in [0.1, 0.15) is 0 Å². The van der Waals surface area contributed by atoms with E-state index >= 15 is 0 Å². The summed E-state index contributed by atoms with van der Waals surface area (Å²) in [6.07, 6.45) is 3.15. The minimum Gasteiger partial charge on any atom is -0.466 e. The van der Waals surface area contributed by atoms with E-state index in [1.807, 2.05) is 6.92 Å². The Kier molecular flexibility index (Phi) is 4.31. The van der Waals surface area contributed by atoms with Gasteiger partial charge in [0, 0.05) is 34.0 Å². The van der Waals surface area contributed by atoms with Crippen molar-refractivity contribution >= 4 is 32.8 Å². The molecule has 0 aliphatic heterocycles. The van der Waals surface area contributed by atoms with Crippen LogP contribution in [0, 0.1) is 11.8 Å². The summed E-state index contributed by atoms with van der Waals surface area (Å²) >= 11 is 3.56. The van der Waals surface area contributed by atoms with Gasteiger partial charge in [0.15, 0.2) is 0 Å². The Bertz CT molecular complexity index is 704. The third kappa shape index (κ3) is 2.94. The van der Waals surface area contributed by atoms with Crippen molar-refractivity contribution in [3.05, 3.63) is 34.4 Å². The molecule has 3 rings (SSSR count). The average Bonchev–Trinajstić information content (AvgIpc) is 3.18. The standard InChI is InChI=1S/C18H22BrNO2/c1-4-22-18(21)15-8-14(15)16-10-20(9-11(2)3)17-7-12(19)5-6-13(16)17/h5-7,10-11,14-15H,4,8-9H2,1-3H3/t14-,15-/m1/s1. The van der Waals surface area contributed by atoms with Crippen LogP contribution in [0.5, 0.6) is 0 Å². The monoisotopic (exact) mass is 363 g/mol. The average molecular weight is 364 g/mol. The van der Waals surface area contributed by atoms with E-state index in [2.05, 4.69) is 58.7 Å². The first-order valence-corrected chi connectivity index (χ1v) is 8.75. The fraction of sp³-hybridized carbons (Fsp3) is 0.500. The van der Waals surface area contributed by atoms with E-state index in [-0.39, 0.29) is 11.9 Å². The van der Waals surface area contributed by atoms with Gasteiger partial charge in [-0.25, -0.2) is 0 Å². The number of esters is 1. The molecule has 1 fully saturated rings. The first-order valence-electron chi connectivity index (χ1n) is 7.96. The third-order valence-electron chi connectivity index (χ3n) is 4.22.